The van der Waals surface area contributed by atoms with Crippen molar-refractivity contribution in [1.82, 2.24) is 9.88 Å². The molecule has 1 heterocycles. The molecule has 2 N–H and O–H groups in total. The third-order valence-corrected chi connectivity index (χ3v) is 3.39. The fourth-order valence-corrected chi connectivity index (χ4v) is 2.13. The Labute approximate surface area is 102 Å². The van der Waals surface area contributed by atoms with Crippen molar-refractivity contribution in [2.75, 3.05) is 13.6 Å². The van der Waals surface area contributed by atoms with Gasteiger partial charge in [0, 0.05) is 37.9 Å². The third kappa shape index (κ3) is 3.03. The van der Waals surface area contributed by atoms with Gasteiger partial charge in [-0.1, -0.05) is 0 Å². The van der Waals surface area contributed by atoms with E-state index in [9.17, 15) is 4.79 Å². The second-order valence-electron chi connectivity index (χ2n) is 4.79. The highest BCUT2D eigenvalue weighted by Crippen LogP contribution is 2.27. The van der Waals surface area contributed by atoms with Crippen LogP contribution in [0.5, 0.6) is 0 Å². The number of rotatable bonds is 4. The summed E-state index contributed by atoms with van der Waals surface area (Å²) < 4.78 is 0. The van der Waals surface area contributed by atoms with Gasteiger partial charge in [-0.05, 0) is 37.0 Å². The molecule has 92 valence electrons. The fraction of sp³-hybridized carbons (Fsp3) is 0.538. The van der Waals surface area contributed by atoms with Gasteiger partial charge >= 0.3 is 0 Å². The van der Waals surface area contributed by atoms with Crippen LogP contribution in [0.15, 0.2) is 24.5 Å². The number of carbonyl (C=O) groups is 1. The first-order chi connectivity index (χ1) is 8.16. The van der Waals surface area contributed by atoms with Crippen molar-refractivity contribution in [2.45, 2.75) is 25.3 Å². The van der Waals surface area contributed by atoms with Crippen LogP contribution >= 0.6 is 0 Å². The lowest BCUT2D eigenvalue weighted by Gasteiger charge is -2.34. The van der Waals surface area contributed by atoms with Gasteiger partial charge in [0.05, 0.1) is 0 Å². The molecule has 0 bridgehead atoms. The van der Waals surface area contributed by atoms with Crippen LogP contribution in [-0.4, -0.2) is 35.4 Å². The maximum atomic E-state index is 12.0. The summed E-state index contributed by atoms with van der Waals surface area (Å²) in [7, 11) is 1.87. The monoisotopic (exact) mass is 233 g/mol. The topological polar surface area (TPSA) is 59.2 Å². The SMILES string of the molecule is CN(CCc1ccncc1)C(=O)C1CC(N)C1. The maximum absolute atomic E-state index is 12.0. The Hall–Kier alpha value is -1.42. The van der Waals surface area contributed by atoms with Crippen LogP contribution in [0, 0.1) is 5.92 Å². The molecule has 0 radical (unpaired) electrons. The number of pyridine rings is 1. The van der Waals surface area contributed by atoms with Crippen molar-refractivity contribution in [3.05, 3.63) is 30.1 Å². The number of aromatic nitrogens is 1. The van der Waals surface area contributed by atoms with E-state index in [4.69, 9.17) is 5.73 Å². The van der Waals surface area contributed by atoms with E-state index >= 15 is 0 Å². The summed E-state index contributed by atoms with van der Waals surface area (Å²) >= 11 is 0. The number of hydrogen-bond acceptors (Lipinski definition) is 3. The predicted octanol–water partition coefficient (Wildman–Crippen LogP) is 0.820. The average Bonchev–Trinajstić information content (AvgIpc) is 2.32. The van der Waals surface area contributed by atoms with Crippen LogP contribution in [0.25, 0.3) is 0 Å². The lowest BCUT2D eigenvalue weighted by atomic mass is 9.80. The molecule has 4 heteroatoms. The average molecular weight is 233 g/mol. The normalized spacial score (nSPS) is 22.9. The highest BCUT2D eigenvalue weighted by Gasteiger charge is 2.33. The first kappa shape index (κ1) is 12.0. The molecule has 0 unspecified atom stereocenters. The van der Waals surface area contributed by atoms with E-state index in [1.807, 2.05) is 24.1 Å². The zero-order valence-corrected chi connectivity index (χ0v) is 10.2. The second-order valence-corrected chi connectivity index (χ2v) is 4.79. The van der Waals surface area contributed by atoms with E-state index in [0.29, 0.717) is 0 Å². The standard InChI is InChI=1S/C13H19N3O/c1-16(13(17)11-8-12(14)9-11)7-4-10-2-5-15-6-3-10/h2-3,5-6,11-12H,4,7-9,14H2,1H3. The molecule has 1 aliphatic rings. The van der Waals surface area contributed by atoms with E-state index in [2.05, 4.69) is 4.98 Å². The van der Waals surface area contributed by atoms with Gasteiger partial charge in [0.15, 0.2) is 0 Å². The molecule has 0 saturated heterocycles. The molecule has 1 amide bonds. The van der Waals surface area contributed by atoms with E-state index in [0.717, 1.165) is 25.8 Å². The molecular weight excluding hydrogens is 214 g/mol. The quantitative estimate of drug-likeness (QED) is 0.837. The van der Waals surface area contributed by atoms with Gasteiger partial charge in [-0.2, -0.15) is 0 Å². The first-order valence-corrected chi connectivity index (χ1v) is 6.06. The van der Waals surface area contributed by atoms with Crippen LogP contribution in [0.4, 0.5) is 0 Å². The number of hydrogen-bond donors (Lipinski definition) is 1. The van der Waals surface area contributed by atoms with E-state index < -0.39 is 0 Å². The smallest absolute Gasteiger partial charge is 0.225 e. The van der Waals surface area contributed by atoms with Gasteiger partial charge in [-0.3, -0.25) is 9.78 Å². The van der Waals surface area contributed by atoms with Crippen LogP contribution in [-0.2, 0) is 11.2 Å². The molecule has 4 nitrogen and oxygen atoms in total. The summed E-state index contributed by atoms with van der Waals surface area (Å²) in [4.78, 5) is 17.7. The molecule has 1 aliphatic carbocycles. The zero-order chi connectivity index (χ0) is 12.3. The summed E-state index contributed by atoms with van der Waals surface area (Å²) in [5.41, 5.74) is 6.91. The Balaban J connectivity index is 1.77. The molecule has 1 saturated carbocycles. The van der Waals surface area contributed by atoms with Gasteiger partial charge in [-0.25, -0.2) is 0 Å². The molecule has 1 fully saturated rings. The third-order valence-electron chi connectivity index (χ3n) is 3.39. The number of nitrogens with two attached hydrogens (primary N) is 1. The number of nitrogens with zero attached hydrogens (tertiary/aromatic N) is 2. The molecule has 1 aromatic heterocycles. The van der Waals surface area contributed by atoms with Crippen molar-refractivity contribution in [2.24, 2.45) is 11.7 Å². The molecule has 17 heavy (non-hydrogen) atoms. The number of amides is 1. The predicted molar refractivity (Wildman–Crippen MR) is 66.3 cm³/mol. The number of carbonyl (C=O) groups excluding carboxylic acids is 1. The van der Waals surface area contributed by atoms with E-state index in [1.54, 1.807) is 12.4 Å². The second kappa shape index (κ2) is 5.27. The summed E-state index contributed by atoms with van der Waals surface area (Å²) in [5.74, 6) is 0.396. The Kier molecular flexibility index (Phi) is 3.74. The zero-order valence-electron chi connectivity index (χ0n) is 10.2. The van der Waals surface area contributed by atoms with Gasteiger partial charge < -0.3 is 10.6 Å². The van der Waals surface area contributed by atoms with Crippen molar-refractivity contribution in [1.29, 1.82) is 0 Å². The van der Waals surface area contributed by atoms with Crippen LogP contribution in [0.2, 0.25) is 0 Å². The van der Waals surface area contributed by atoms with Gasteiger partial charge in [0.25, 0.3) is 0 Å². The summed E-state index contributed by atoms with van der Waals surface area (Å²) in [6.07, 6.45) is 6.13. The highest BCUT2D eigenvalue weighted by molar-refractivity contribution is 5.79. The van der Waals surface area contributed by atoms with Crippen molar-refractivity contribution in [3.63, 3.8) is 0 Å². The van der Waals surface area contributed by atoms with E-state index in [1.165, 1.54) is 5.56 Å². The maximum Gasteiger partial charge on any atom is 0.225 e. The van der Waals surface area contributed by atoms with Gasteiger partial charge in [0.1, 0.15) is 0 Å². The fourth-order valence-electron chi connectivity index (χ4n) is 2.13. The summed E-state index contributed by atoms with van der Waals surface area (Å²) in [6, 6.07) is 4.20. The summed E-state index contributed by atoms with van der Waals surface area (Å²) in [5, 5.41) is 0. The lowest BCUT2D eigenvalue weighted by Crippen LogP contribution is -2.46. The minimum Gasteiger partial charge on any atom is -0.345 e. The van der Waals surface area contributed by atoms with Crippen molar-refractivity contribution >= 4 is 5.91 Å². The molecule has 0 atom stereocenters. The Morgan fingerprint density at radius 2 is 2.12 bits per heavy atom. The first-order valence-electron chi connectivity index (χ1n) is 6.06. The Morgan fingerprint density at radius 3 is 2.71 bits per heavy atom. The minimum atomic E-state index is 0.160. The highest BCUT2D eigenvalue weighted by atomic mass is 16.2. The van der Waals surface area contributed by atoms with Crippen molar-refractivity contribution < 1.29 is 4.79 Å². The van der Waals surface area contributed by atoms with E-state index in [-0.39, 0.29) is 17.9 Å². The summed E-state index contributed by atoms with van der Waals surface area (Å²) in [6.45, 7) is 0.759. The lowest BCUT2D eigenvalue weighted by molar-refractivity contribution is -0.137. The molecule has 0 aromatic carbocycles. The minimum absolute atomic E-state index is 0.160. The molecule has 2 rings (SSSR count). The molecule has 0 aliphatic heterocycles. The van der Waals surface area contributed by atoms with Crippen LogP contribution in [0.3, 0.4) is 0 Å². The Morgan fingerprint density at radius 1 is 1.47 bits per heavy atom. The van der Waals surface area contributed by atoms with Crippen LogP contribution < -0.4 is 5.73 Å². The molecular formula is C13H19N3O. The molecule has 1 aromatic rings. The van der Waals surface area contributed by atoms with Crippen molar-refractivity contribution in [3.8, 4) is 0 Å². The molecule has 0 spiro atoms. The van der Waals surface area contributed by atoms with Gasteiger partial charge in [0.2, 0.25) is 5.91 Å². The number of likely N-dealkylation sites (N-methyl/N-ethyl adjacent to an activating group) is 1. The Bertz CT molecular complexity index is 374. The van der Waals surface area contributed by atoms with Crippen LogP contribution in [0.1, 0.15) is 18.4 Å². The largest absolute Gasteiger partial charge is 0.345 e. The van der Waals surface area contributed by atoms with Gasteiger partial charge in [-0.15, -0.1) is 0 Å².